The van der Waals surface area contributed by atoms with Crippen molar-refractivity contribution in [3.8, 4) is 11.5 Å². The zero-order valence-electron chi connectivity index (χ0n) is 11.1. The third-order valence-electron chi connectivity index (χ3n) is 3.16. The Balaban J connectivity index is 2.92. The van der Waals surface area contributed by atoms with Gasteiger partial charge in [0.25, 0.3) is 0 Å². The second kappa shape index (κ2) is 4.16. The quantitative estimate of drug-likeness (QED) is 0.735. The van der Waals surface area contributed by atoms with Crippen LogP contribution >= 0.6 is 0 Å². The third-order valence-corrected chi connectivity index (χ3v) is 3.16. The summed E-state index contributed by atoms with van der Waals surface area (Å²) in [5.41, 5.74) is 0.300. The summed E-state index contributed by atoms with van der Waals surface area (Å²) in [6, 6.07) is 6.72. The van der Waals surface area contributed by atoms with Gasteiger partial charge in [0, 0.05) is 5.39 Å². The molecule has 19 heavy (non-hydrogen) atoms. The van der Waals surface area contributed by atoms with Gasteiger partial charge in [-0.25, -0.2) is 4.79 Å². The van der Waals surface area contributed by atoms with Crippen molar-refractivity contribution >= 4 is 16.7 Å². The van der Waals surface area contributed by atoms with Crippen molar-refractivity contribution in [2.75, 3.05) is 0 Å². The predicted octanol–water partition coefficient (Wildman–Crippen LogP) is 3.25. The Morgan fingerprint density at radius 1 is 1.11 bits per heavy atom. The van der Waals surface area contributed by atoms with Crippen molar-refractivity contribution in [2.24, 2.45) is 0 Å². The molecular weight excluding hydrogens is 244 g/mol. The zero-order chi connectivity index (χ0) is 14.4. The van der Waals surface area contributed by atoms with E-state index in [1.807, 2.05) is 26.8 Å². The number of rotatable bonds is 1. The Labute approximate surface area is 110 Å². The summed E-state index contributed by atoms with van der Waals surface area (Å²) in [6.45, 7) is 6.04. The minimum atomic E-state index is -1.35. The molecule has 3 N–H and O–H groups in total. The van der Waals surface area contributed by atoms with E-state index in [2.05, 4.69) is 0 Å². The molecule has 0 saturated carbocycles. The number of benzene rings is 2. The highest BCUT2D eigenvalue weighted by Gasteiger charge is 2.23. The number of hydrogen-bond acceptors (Lipinski definition) is 3. The molecular formula is C15H16O4. The number of fused-ring (bicyclic) bond motifs is 1. The third kappa shape index (κ3) is 2.10. The molecule has 0 bridgehead atoms. The van der Waals surface area contributed by atoms with Crippen molar-refractivity contribution in [3.05, 3.63) is 35.4 Å². The Bertz CT molecular complexity index is 666. The van der Waals surface area contributed by atoms with Crippen LogP contribution in [0.3, 0.4) is 0 Å². The smallest absolute Gasteiger partial charge is 0.343 e. The van der Waals surface area contributed by atoms with Crippen LogP contribution in [0.5, 0.6) is 11.5 Å². The highest BCUT2D eigenvalue weighted by molar-refractivity contribution is 6.04. The van der Waals surface area contributed by atoms with Crippen LogP contribution in [0.25, 0.3) is 10.8 Å². The number of phenols is 2. The lowest BCUT2D eigenvalue weighted by Gasteiger charge is -2.22. The molecule has 0 aliphatic carbocycles. The lowest BCUT2D eigenvalue weighted by molar-refractivity contribution is 0.0691. The molecule has 4 nitrogen and oxygen atoms in total. The summed E-state index contributed by atoms with van der Waals surface area (Å²) in [5, 5.41) is 30.0. The van der Waals surface area contributed by atoms with Crippen molar-refractivity contribution in [3.63, 3.8) is 0 Å². The fourth-order valence-electron chi connectivity index (χ4n) is 2.26. The van der Waals surface area contributed by atoms with E-state index in [9.17, 15) is 15.0 Å². The Morgan fingerprint density at radius 3 is 2.26 bits per heavy atom. The number of hydrogen-bond donors (Lipinski definition) is 3. The second-order valence-electron chi connectivity index (χ2n) is 5.58. The first-order chi connectivity index (χ1) is 8.73. The van der Waals surface area contributed by atoms with Crippen molar-refractivity contribution in [1.82, 2.24) is 0 Å². The molecule has 0 radical (unpaired) electrons. The number of carboxylic acids is 1. The lowest BCUT2D eigenvalue weighted by atomic mass is 9.83. The van der Waals surface area contributed by atoms with Crippen LogP contribution in [0.15, 0.2) is 24.3 Å². The van der Waals surface area contributed by atoms with Gasteiger partial charge in [-0.3, -0.25) is 0 Å². The molecule has 0 unspecified atom stereocenters. The topological polar surface area (TPSA) is 77.8 Å². The average molecular weight is 260 g/mol. The minimum absolute atomic E-state index is 0.177. The van der Waals surface area contributed by atoms with Gasteiger partial charge in [-0.2, -0.15) is 0 Å². The van der Waals surface area contributed by atoms with Gasteiger partial charge in [0.2, 0.25) is 0 Å². The first kappa shape index (κ1) is 13.2. The van der Waals surface area contributed by atoms with Crippen LogP contribution in [-0.4, -0.2) is 21.3 Å². The number of aromatic hydroxyl groups is 2. The standard InChI is InChI=1S/C15H16O4/c1-15(2,3)10-6-4-5-8-9(10)7-11(16)12(13(8)17)14(18)19/h4-7,16-17H,1-3H3,(H,18,19). The molecule has 0 atom stereocenters. The van der Waals surface area contributed by atoms with Crippen LogP contribution in [-0.2, 0) is 5.41 Å². The summed E-state index contributed by atoms with van der Waals surface area (Å²) < 4.78 is 0. The van der Waals surface area contributed by atoms with Gasteiger partial charge < -0.3 is 15.3 Å². The molecule has 0 amide bonds. The summed E-state index contributed by atoms with van der Waals surface area (Å²) in [4.78, 5) is 11.0. The number of carbonyl (C=O) groups is 1. The summed E-state index contributed by atoms with van der Waals surface area (Å²) >= 11 is 0. The van der Waals surface area contributed by atoms with Crippen LogP contribution in [0.4, 0.5) is 0 Å². The molecule has 0 fully saturated rings. The van der Waals surface area contributed by atoms with Crippen LogP contribution < -0.4 is 0 Å². The maximum absolute atomic E-state index is 11.0. The van der Waals surface area contributed by atoms with Crippen LogP contribution in [0, 0.1) is 0 Å². The molecule has 2 aromatic carbocycles. The molecule has 100 valence electrons. The first-order valence-electron chi connectivity index (χ1n) is 5.95. The second-order valence-corrected chi connectivity index (χ2v) is 5.58. The van der Waals surface area contributed by atoms with E-state index in [-0.39, 0.29) is 5.41 Å². The molecule has 0 aliphatic heterocycles. The highest BCUT2D eigenvalue weighted by atomic mass is 16.4. The minimum Gasteiger partial charge on any atom is -0.507 e. The summed E-state index contributed by atoms with van der Waals surface area (Å²) in [6.07, 6.45) is 0. The van der Waals surface area contributed by atoms with E-state index >= 15 is 0 Å². The van der Waals surface area contributed by atoms with Gasteiger partial charge >= 0.3 is 5.97 Å². The van der Waals surface area contributed by atoms with Gasteiger partial charge in [-0.15, -0.1) is 0 Å². The van der Waals surface area contributed by atoms with Crippen molar-refractivity contribution in [2.45, 2.75) is 26.2 Å². The Hall–Kier alpha value is -2.23. The molecule has 0 spiro atoms. The van der Waals surface area contributed by atoms with Crippen molar-refractivity contribution in [1.29, 1.82) is 0 Å². The normalized spacial score (nSPS) is 11.7. The predicted molar refractivity (Wildman–Crippen MR) is 72.9 cm³/mol. The van der Waals surface area contributed by atoms with E-state index in [4.69, 9.17) is 5.11 Å². The van der Waals surface area contributed by atoms with Crippen LogP contribution in [0.2, 0.25) is 0 Å². The summed E-state index contributed by atoms with van der Waals surface area (Å²) in [5.74, 6) is -2.17. The fourth-order valence-corrected chi connectivity index (χ4v) is 2.26. The van der Waals surface area contributed by atoms with E-state index in [0.29, 0.717) is 10.8 Å². The van der Waals surface area contributed by atoms with Crippen LogP contribution in [0.1, 0.15) is 36.7 Å². The monoisotopic (exact) mass is 260 g/mol. The lowest BCUT2D eigenvalue weighted by Crippen LogP contribution is -2.11. The average Bonchev–Trinajstić information content (AvgIpc) is 2.26. The van der Waals surface area contributed by atoms with E-state index in [1.165, 1.54) is 6.07 Å². The first-order valence-corrected chi connectivity index (χ1v) is 5.95. The number of aromatic carboxylic acids is 1. The van der Waals surface area contributed by atoms with Gasteiger partial charge in [-0.05, 0) is 22.4 Å². The maximum atomic E-state index is 11.0. The van der Waals surface area contributed by atoms with Gasteiger partial charge in [0.15, 0.2) is 0 Å². The highest BCUT2D eigenvalue weighted by Crippen LogP contribution is 2.39. The SMILES string of the molecule is CC(C)(C)c1cccc2c(O)c(C(=O)O)c(O)cc12. The summed E-state index contributed by atoms with van der Waals surface area (Å²) in [7, 11) is 0. The number of carboxylic acid groups (broad SMARTS) is 1. The van der Waals surface area contributed by atoms with E-state index in [1.54, 1.807) is 12.1 Å². The zero-order valence-corrected chi connectivity index (χ0v) is 11.1. The Morgan fingerprint density at radius 2 is 1.74 bits per heavy atom. The molecule has 0 heterocycles. The fraction of sp³-hybridized carbons (Fsp3) is 0.267. The van der Waals surface area contributed by atoms with Crippen molar-refractivity contribution < 1.29 is 20.1 Å². The molecule has 0 aliphatic rings. The largest absolute Gasteiger partial charge is 0.507 e. The van der Waals surface area contributed by atoms with Gasteiger partial charge in [-0.1, -0.05) is 39.0 Å². The molecule has 4 heteroatoms. The van der Waals surface area contributed by atoms with Gasteiger partial charge in [0.1, 0.15) is 17.1 Å². The maximum Gasteiger partial charge on any atom is 0.343 e. The molecule has 0 aromatic heterocycles. The Kier molecular flexibility index (Phi) is 2.89. The van der Waals surface area contributed by atoms with E-state index < -0.39 is 23.0 Å². The van der Waals surface area contributed by atoms with Gasteiger partial charge in [0.05, 0.1) is 0 Å². The molecule has 0 saturated heterocycles. The van der Waals surface area contributed by atoms with E-state index in [0.717, 1.165) is 5.56 Å². The molecule has 2 rings (SSSR count). The molecule has 2 aromatic rings.